The molecule has 2 nitrogen and oxygen atoms in total. The zero-order valence-corrected chi connectivity index (χ0v) is 8.60. The molecule has 72 valence electrons. The van der Waals surface area contributed by atoms with Crippen LogP contribution in [0.4, 0.5) is 0 Å². The number of hydrogen-bond donors (Lipinski definition) is 0. The lowest BCUT2D eigenvalue weighted by Crippen LogP contribution is -1.93. The largest absolute Gasteiger partial charge is 0.497 e. The Kier molecular flexibility index (Phi) is 4.06. The summed E-state index contributed by atoms with van der Waals surface area (Å²) in [6, 6.07) is 5.57. The van der Waals surface area contributed by atoms with Gasteiger partial charge in [-0.25, -0.2) is 0 Å². The maximum Gasteiger partial charge on any atom is 0.120 e. The SMILES string of the molecule is CCOCc1cc(Cl)cc(OC)c1. The number of methoxy groups -OCH3 is 1. The minimum atomic E-state index is 0.577. The van der Waals surface area contributed by atoms with Gasteiger partial charge in [0.25, 0.3) is 0 Å². The van der Waals surface area contributed by atoms with E-state index in [0.717, 1.165) is 11.3 Å². The Morgan fingerprint density at radius 2 is 2.08 bits per heavy atom. The molecule has 0 radical (unpaired) electrons. The lowest BCUT2D eigenvalue weighted by molar-refractivity contribution is 0.134. The highest BCUT2D eigenvalue weighted by molar-refractivity contribution is 6.30. The van der Waals surface area contributed by atoms with Crippen molar-refractivity contribution in [1.29, 1.82) is 0 Å². The fourth-order valence-corrected chi connectivity index (χ4v) is 1.29. The van der Waals surface area contributed by atoms with Crippen LogP contribution in [0.1, 0.15) is 12.5 Å². The quantitative estimate of drug-likeness (QED) is 0.744. The predicted octanol–water partition coefficient (Wildman–Crippen LogP) is 2.89. The molecule has 0 aliphatic carbocycles. The molecule has 0 aromatic heterocycles. The minimum absolute atomic E-state index is 0.577. The van der Waals surface area contributed by atoms with Gasteiger partial charge in [0, 0.05) is 11.6 Å². The first kappa shape index (κ1) is 10.4. The molecular weight excluding hydrogens is 188 g/mol. The van der Waals surface area contributed by atoms with E-state index in [1.54, 1.807) is 13.2 Å². The number of halogens is 1. The Labute approximate surface area is 83.4 Å². The molecule has 0 aliphatic rings. The molecule has 0 bridgehead atoms. The Morgan fingerprint density at radius 1 is 1.31 bits per heavy atom. The van der Waals surface area contributed by atoms with E-state index in [-0.39, 0.29) is 0 Å². The van der Waals surface area contributed by atoms with Gasteiger partial charge >= 0.3 is 0 Å². The van der Waals surface area contributed by atoms with Crippen LogP contribution in [0.2, 0.25) is 5.02 Å². The Bertz CT molecular complexity index is 274. The summed E-state index contributed by atoms with van der Waals surface area (Å²) in [4.78, 5) is 0. The maximum atomic E-state index is 5.87. The van der Waals surface area contributed by atoms with E-state index in [4.69, 9.17) is 21.1 Å². The minimum Gasteiger partial charge on any atom is -0.497 e. The molecule has 0 aliphatic heterocycles. The number of hydrogen-bond acceptors (Lipinski definition) is 2. The van der Waals surface area contributed by atoms with Crippen LogP contribution in [0.25, 0.3) is 0 Å². The monoisotopic (exact) mass is 200 g/mol. The van der Waals surface area contributed by atoms with Crippen molar-refractivity contribution in [2.24, 2.45) is 0 Å². The molecule has 3 heteroatoms. The molecule has 0 saturated carbocycles. The van der Waals surface area contributed by atoms with E-state index in [1.165, 1.54) is 0 Å². The Hall–Kier alpha value is -0.730. The summed E-state index contributed by atoms with van der Waals surface area (Å²) in [5.74, 6) is 0.766. The van der Waals surface area contributed by atoms with Gasteiger partial charge in [0.05, 0.1) is 13.7 Å². The van der Waals surface area contributed by atoms with E-state index in [2.05, 4.69) is 0 Å². The van der Waals surface area contributed by atoms with Crippen molar-refractivity contribution in [3.8, 4) is 5.75 Å². The van der Waals surface area contributed by atoms with Crippen molar-refractivity contribution in [3.63, 3.8) is 0 Å². The fourth-order valence-electron chi connectivity index (χ4n) is 1.04. The van der Waals surface area contributed by atoms with E-state index in [9.17, 15) is 0 Å². The number of ether oxygens (including phenoxy) is 2. The highest BCUT2D eigenvalue weighted by atomic mass is 35.5. The number of benzene rings is 1. The lowest BCUT2D eigenvalue weighted by Gasteiger charge is -2.05. The third-order valence-corrected chi connectivity index (χ3v) is 1.86. The summed E-state index contributed by atoms with van der Waals surface area (Å²) in [5.41, 5.74) is 1.03. The summed E-state index contributed by atoms with van der Waals surface area (Å²) in [6.07, 6.45) is 0. The summed E-state index contributed by atoms with van der Waals surface area (Å²) < 4.78 is 10.3. The smallest absolute Gasteiger partial charge is 0.120 e. The lowest BCUT2D eigenvalue weighted by atomic mass is 10.2. The van der Waals surface area contributed by atoms with Crippen LogP contribution < -0.4 is 4.74 Å². The first-order chi connectivity index (χ1) is 6.26. The van der Waals surface area contributed by atoms with Crippen LogP contribution in [-0.2, 0) is 11.3 Å². The van der Waals surface area contributed by atoms with Crippen LogP contribution in [0.3, 0.4) is 0 Å². The van der Waals surface area contributed by atoms with Gasteiger partial charge in [-0.3, -0.25) is 0 Å². The van der Waals surface area contributed by atoms with Crippen molar-refractivity contribution in [3.05, 3.63) is 28.8 Å². The molecular formula is C10H13ClO2. The molecule has 0 amide bonds. The summed E-state index contributed by atoms with van der Waals surface area (Å²) >= 11 is 5.87. The molecule has 0 fully saturated rings. The maximum absolute atomic E-state index is 5.87. The standard InChI is InChI=1S/C10H13ClO2/c1-3-13-7-8-4-9(11)6-10(5-8)12-2/h4-6H,3,7H2,1-2H3. The van der Waals surface area contributed by atoms with Gasteiger partial charge in [0.1, 0.15) is 5.75 Å². The van der Waals surface area contributed by atoms with Crippen LogP contribution >= 0.6 is 11.6 Å². The van der Waals surface area contributed by atoms with E-state index in [1.807, 2.05) is 19.1 Å². The van der Waals surface area contributed by atoms with Crippen LogP contribution in [-0.4, -0.2) is 13.7 Å². The third-order valence-electron chi connectivity index (χ3n) is 1.64. The first-order valence-electron chi connectivity index (χ1n) is 4.17. The average Bonchev–Trinajstić information content (AvgIpc) is 2.14. The van der Waals surface area contributed by atoms with Crippen LogP contribution in [0.15, 0.2) is 18.2 Å². The molecule has 13 heavy (non-hydrogen) atoms. The van der Waals surface area contributed by atoms with Gasteiger partial charge < -0.3 is 9.47 Å². The zero-order valence-electron chi connectivity index (χ0n) is 7.84. The Morgan fingerprint density at radius 3 is 2.69 bits per heavy atom. The number of rotatable bonds is 4. The fraction of sp³-hybridized carbons (Fsp3) is 0.400. The van der Waals surface area contributed by atoms with Crippen molar-refractivity contribution in [2.45, 2.75) is 13.5 Å². The van der Waals surface area contributed by atoms with Crippen molar-refractivity contribution >= 4 is 11.6 Å². The molecule has 1 aromatic rings. The molecule has 1 aromatic carbocycles. The highest BCUT2D eigenvalue weighted by Crippen LogP contribution is 2.21. The molecule has 1 rings (SSSR count). The van der Waals surface area contributed by atoms with Gasteiger partial charge in [-0.2, -0.15) is 0 Å². The van der Waals surface area contributed by atoms with E-state index < -0.39 is 0 Å². The second-order valence-corrected chi connectivity index (χ2v) is 3.07. The second kappa shape index (κ2) is 5.10. The highest BCUT2D eigenvalue weighted by Gasteiger charge is 1.99. The van der Waals surface area contributed by atoms with Crippen LogP contribution in [0.5, 0.6) is 5.75 Å². The second-order valence-electron chi connectivity index (χ2n) is 2.64. The van der Waals surface area contributed by atoms with Gasteiger partial charge in [0.2, 0.25) is 0 Å². The van der Waals surface area contributed by atoms with Gasteiger partial charge in [-0.1, -0.05) is 11.6 Å². The van der Waals surface area contributed by atoms with Crippen molar-refractivity contribution in [2.75, 3.05) is 13.7 Å². The zero-order chi connectivity index (χ0) is 9.68. The van der Waals surface area contributed by atoms with Crippen molar-refractivity contribution in [1.82, 2.24) is 0 Å². The predicted molar refractivity (Wildman–Crippen MR) is 53.3 cm³/mol. The molecule has 0 saturated heterocycles. The average molecular weight is 201 g/mol. The third kappa shape index (κ3) is 3.25. The molecule has 0 spiro atoms. The van der Waals surface area contributed by atoms with Crippen molar-refractivity contribution < 1.29 is 9.47 Å². The first-order valence-corrected chi connectivity index (χ1v) is 4.55. The summed E-state index contributed by atoms with van der Waals surface area (Å²) in [5, 5.41) is 0.675. The van der Waals surface area contributed by atoms with Crippen LogP contribution in [0, 0.1) is 0 Å². The molecule has 0 atom stereocenters. The summed E-state index contributed by atoms with van der Waals surface area (Å²) in [6.45, 7) is 3.24. The Balaban J connectivity index is 2.76. The van der Waals surface area contributed by atoms with Gasteiger partial charge in [-0.15, -0.1) is 0 Å². The normalized spacial score (nSPS) is 10.1. The summed E-state index contributed by atoms with van der Waals surface area (Å²) in [7, 11) is 1.62. The van der Waals surface area contributed by atoms with Gasteiger partial charge in [0.15, 0.2) is 0 Å². The van der Waals surface area contributed by atoms with Gasteiger partial charge in [-0.05, 0) is 30.7 Å². The molecule has 0 heterocycles. The van der Waals surface area contributed by atoms with E-state index in [0.29, 0.717) is 18.2 Å². The molecule has 0 N–H and O–H groups in total. The topological polar surface area (TPSA) is 18.5 Å². The van der Waals surface area contributed by atoms with E-state index >= 15 is 0 Å². The molecule has 0 unspecified atom stereocenters.